The zero-order valence-electron chi connectivity index (χ0n) is 14.3. The first-order valence-electron chi connectivity index (χ1n) is 8.23. The topological polar surface area (TPSA) is 69.4 Å². The molecular weight excluding hydrogens is 402 g/mol. The monoisotopic (exact) mass is 423 g/mol. The van der Waals surface area contributed by atoms with Crippen LogP contribution in [0, 0.1) is 6.92 Å². The van der Waals surface area contributed by atoms with Crippen molar-refractivity contribution in [1.29, 1.82) is 0 Å². The molecule has 0 heterocycles. The zero-order valence-corrected chi connectivity index (χ0v) is 16.7. The summed E-state index contributed by atoms with van der Waals surface area (Å²) in [6.45, 7) is 4.54. The number of sulfone groups is 1. The van der Waals surface area contributed by atoms with Gasteiger partial charge in [-0.1, -0.05) is 45.8 Å². The fourth-order valence-corrected chi connectivity index (χ4v) is 5.93. The number of rotatable bonds is 6. The fraction of sp³-hybridized carbons (Fsp3) is 0.368. The van der Waals surface area contributed by atoms with Crippen LogP contribution in [-0.2, 0) is 14.6 Å². The quantitative estimate of drug-likeness (QED) is 0.772. The Labute approximate surface area is 157 Å². The standard InChI is InChI=1S/C19H22BrNO3S/c1-3-24-12-19(21)17(14-6-8-15(20)9-7-14)18(19)25(22,23)16-10-4-13(2)5-11-16/h4-11,17-18H,3,12,21H2,1-2H3. The van der Waals surface area contributed by atoms with Crippen molar-refractivity contribution in [2.75, 3.05) is 13.2 Å². The van der Waals surface area contributed by atoms with Crippen LogP contribution in [0.15, 0.2) is 57.9 Å². The number of ether oxygens (including phenoxy) is 1. The van der Waals surface area contributed by atoms with Crippen molar-refractivity contribution in [2.24, 2.45) is 5.73 Å². The summed E-state index contributed by atoms with van der Waals surface area (Å²) >= 11 is 3.41. The van der Waals surface area contributed by atoms with Crippen molar-refractivity contribution in [2.45, 2.75) is 35.4 Å². The predicted molar refractivity (Wildman–Crippen MR) is 102 cm³/mol. The molecule has 0 saturated heterocycles. The van der Waals surface area contributed by atoms with Crippen molar-refractivity contribution in [3.63, 3.8) is 0 Å². The molecule has 0 radical (unpaired) electrons. The van der Waals surface area contributed by atoms with E-state index in [1.165, 1.54) is 0 Å². The summed E-state index contributed by atoms with van der Waals surface area (Å²) in [7, 11) is -3.54. The fourth-order valence-electron chi connectivity index (χ4n) is 3.37. The third-order valence-corrected chi connectivity index (χ3v) is 7.61. The lowest BCUT2D eigenvalue weighted by Crippen LogP contribution is -2.36. The zero-order chi connectivity index (χ0) is 18.2. The van der Waals surface area contributed by atoms with E-state index < -0.39 is 20.6 Å². The molecule has 2 aromatic carbocycles. The maximum atomic E-state index is 13.2. The highest BCUT2D eigenvalue weighted by atomic mass is 79.9. The minimum atomic E-state index is -3.54. The van der Waals surface area contributed by atoms with Crippen molar-refractivity contribution in [3.05, 3.63) is 64.1 Å². The highest BCUT2D eigenvalue weighted by Crippen LogP contribution is 2.55. The molecule has 1 aliphatic carbocycles. The van der Waals surface area contributed by atoms with Crippen molar-refractivity contribution < 1.29 is 13.2 Å². The van der Waals surface area contributed by atoms with Crippen LogP contribution in [-0.4, -0.2) is 32.4 Å². The first-order valence-corrected chi connectivity index (χ1v) is 10.6. The van der Waals surface area contributed by atoms with Crippen LogP contribution in [0.1, 0.15) is 24.0 Å². The Hall–Kier alpha value is -1.21. The molecule has 6 heteroatoms. The Morgan fingerprint density at radius 1 is 1.12 bits per heavy atom. The van der Waals surface area contributed by atoms with Gasteiger partial charge in [0, 0.05) is 17.0 Å². The molecule has 3 unspecified atom stereocenters. The van der Waals surface area contributed by atoms with Crippen LogP contribution in [0.3, 0.4) is 0 Å². The highest BCUT2D eigenvalue weighted by molar-refractivity contribution is 9.10. The molecular formula is C19H22BrNO3S. The van der Waals surface area contributed by atoms with Crippen LogP contribution in [0.25, 0.3) is 0 Å². The Morgan fingerprint density at radius 2 is 1.72 bits per heavy atom. The predicted octanol–water partition coefficient (Wildman–Crippen LogP) is 3.43. The van der Waals surface area contributed by atoms with Gasteiger partial charge in [0.1, 0.15) is 0 Å². The largest absolute Gasteiger partial charge is 0.380 e. The van der Waals surface area contributed by atoms with Crippen LogP contribution in [0.2, 0.25) is 0 Å². The summed E-state index contributed by atoms with van der Waals surface area (Å²) in [6, 6.07) is 14.6. The number of nitrogens with two attached hydrogens (primary N) is 1. The average Bonchev–Trinajstić information content (AvgIpc) is 3.21. The van der Waals surface area contributed by atoms with Crippen LogP contribution >= 0.6 is 15.9 Å². The Balaban J connectivity index is 1.99. The highest BCUT2D eigenvalue weighted by Gasteiger charge is 2.69. The minimum absolute atomic E-state index is 0.222. The molecule has 2 aromatic rings. The summed E-state index contributed by atoms with van der Waals surface area (Å²) in [6.07, 6.45) is 0. The first kappa shape index (κ1) is 18.6. The second-order valence-corrected chi connectivity index (χ2v) is 9.54. The Kier molecular flexibility index (Phi) is 5.08. The first-order chi connectivity index (χ1) is 11.8. The second kappa shape index (κ2) is 6.83. The summed E-state index contributed by atoms with van der Waals surface area (Å²) < 4.78 is 32.8. The van der Waals surface area contributed by atoms with E-state index in [-0.39, 0.29) is 12.5 Å². The lowest BCUT2D eigenvalue weighted by molar-refractivity contribution is 0.125. The normalized spacial score (nSPS) is 25.8. The molecule has 0 amide bonds. The van der Waals surface area contributed by atoms with Gasteiger partial charge in [0.25, 0.3) is 0 Å². The number of benzene rings is 2. The molecule has 2 N–H and O–H groups in total. The van der Waals surface area contributed by atoms with Gasteiger partial charge in [0.05, 0.1) is 22.3 Å². The minimum Gasteiger partial charge on any atom is -0.380 e. The molecule has 1 aliphatic rings. The van der Waals surface area contributed by atoms with E-state index >= 15 is 0 Å². The van der Waals surface area contributed by atoms with Crippen LogP contribution < -0.4 is 5.73 Å². The van der Waals surface area contributed by atoms with Crippen molar-refractivity contribution in [1.82, 2.24) is 0 Å². The smallest absolute Gasteiger partial charge is 0.183 e. The molecule has 4 nitrogen and oxygen atoms in total. The van der Waals surface area contributed by atoms with Gasteiger partial charge in [0.15, 0.2) is 9.84 Å². The molecule has 25 heavy (non-hydrogen) atoms. The lowest BCUT2D eigenvalue weighted by atomic mass is 10.1. The maximum Gasteiger partial charge on any atom is 0.183 e. The summed E-state index contributed by atoms with van der Waals surface area (Å²) in [5.74, 6) is -0.279. The second-order valence-electron chi connectivity index (χ2n) is 6.56. The molecule has 0 aromatic heterocycles. The van der Waals surface area contributed by atoms with Gasteiger partial charge in [-0.2, -0.15) is 0 Å². The molecule has 134 valence electrons. The number of halogens is 1. The van der Waals surface area contributed by atoms with Gasteiger partial charge in [-0.25, -0.2) is 8.42 Å². The third kappa shape index (κ3) is 3.40. The SMILES string of the molecule is CCOCC1(N)C(c2ccc(Br)cc2)C1S(=O)(=O)c1ccc(C)cc1. The van der Waals surface area contributed by atoms with E-state index in [1.807, 2.05) is 50.2 Å². The van der Waals surface area contributed by atoms with Crippen LogP contribution in [0.4, 0.5) is 0 Å². The Morgan fingerprint density at radius 3 is 2.28 bits per heavy atom. The van der Waals surface area contributed by atoms with E-state index in [1.54, 1.807) is 12.1 Å². The van der Waals surface area contributed by atoms with E-state index in [0.717, 1.165) is 15.6 Å². The average molecular weight is 424 g/mol. The van der Waals surface area contributed by atoms with Gasteiger partial charge >= 0.3 is 0 Å². The molecule has 0 bridgehead atoms. The van der Waals surface area contributed by atoms with Gasteiger partial charge < -0.3 is 10.5 Å². The number of hydrogen-bond donors (Lipinski definition) is 1. The maximum absolute atomic E-state index is 13.2. The third-order valence-electron chi connectivity index (χ3n) is 4.77. The molecule has 1 saturated carbocycles. The number of aryl methyl sites for hydroxylation is 1. The molecule has 0 spiro atoms. The van der Waals surface area contributed by atoms with Gasteiger partial charge in [-0.15, -0.1) is 0 Å². The van der Waals surface area contributed by atoms with Gasteiger partial charge in [-0.05, 0) is 43.7 Å². The molecule has 1 fully saturated rings. The summed E-state index contributed by atoms with van der Waals surface area (Å²) in [5.41, 5.74) is 7.56. The summed E-state index contributed by atoms with van der Waals surface area (Å²) in [5, 5.41) is -0.685. The number of hydrogen-bond acceptors (Lipinski definition) is 4. The molecule has 3 atom stereocenters. The van der Waals surface area contributed by atoms with E-state index in [2.05, 4.69) is 15.9 Å². The van der Waals surface area contributed by atoms with Crippen LogP contribution in [0.5, 0.6) is 0 Å². The van der Waals surface area contributed by atoms with E-state index in [0.29, 0.717) is 11.5 Å². The van der Waals surface area contributed by atoms with Crippen molar-refractivity contribution in [3.8, 4) is 0 Å². The lowest BCUT2D eigenvalue weighted by Gasteiger charge is -2.12. The molecule has 0 aliphatic heterocycles. The van der Waals surface area contributed by atoms with E-state index in [9.17, 15) is 8.42 Å². The van der Waals surface area contributed by atoms with Gasteiger partial charge in [-0.3, -0.25) is 0 Å². The molecule has 3 rings (SSSR count). The Bertz CT molecular complexity index is 849. The summed E-state index contributed by atoms with van der Waals surface area (Å²) in [4.78, 5) is 0.314. The van der Waals surface area contributed by atoms with Gasteiger partial charge in [0.2, 0.25) is 0 Å². The van der Waals surface area contributed by atoms with Crippen molar-refractivity contribution >= 4 is 25.8 Å². The van der Waals surface area contributed by atoms with E-state index in [4.69, 9.17) is 10.5 Å².